The van der Waals surface area contributed by atoms with Gasteiger partial charge in [0, 0.05) is 30.7 Å². The van der Waals surface area contributed by atoms with Crippen LogP contribution in [0.3, 0.4) is 0 Å². The summed E-state index contributed by atoms with van der Waals surface area (Å²) < 4.78 is 0. The topological polar surface area (TPSA) is 107 Å². The van der Waals surface area contributed by atoms with E-state index in [9.17, 15) is 19.7 Å². The van der Waals surface area contributed by atoms with E-state index in [2.05, 4.69) is 0 Å². The number of hydrogen-bond donors (Lipinski definition) is 1. The summed E-state index contributed by atoms with van der Waals surface area (Å²) in [6.45, 7) is 2.15. The third-order valence-corrected chi connectivity index (χ3v) is 3.40. The third kappa shape index (κ3) is 2.53. The van der Waals surface area contributed by atoms with Gasteiger partial charge in [0.25, 0.3) is 5.69 Å². The number of carbonyl (C=O) groups is 2. The first-order chi connectivity index (χ1) is 9.43. The van der Waals surface area contributed by atoms with Crippen LogP contribution in [0.2, 0.25) is 0 Å². The zero-order chi connectivity index (χ0) is 14.9. The molecule has 1 aliphatic rings. The number of non-ortho nitro benzene ring substituents is 1. The van der Waals surface area contributed by atoms with Crippen LogP contribution in [0.4, 0.5) is 11.4 Å². The largest absolute Gasteiger partial charge is 0.330 e. The highest BCUT2D eigenvalue weighted by Crippen LogP contribution is 2.30. The van der Waals surface area contributed by atoms with Crippen molar-refractivity contribution < 1.29 is 14.5 Å². The van der Waals surface area contributed by atoms with Crippen LogP contribution in [0.1, 0.15) is 23.7 Å². The van der Waals surface area contributed by atoms with Crippen molar-refractivity contribution in [3.63, 3.8) is 0 Å². The highest BCUT2D eigenvalue weighted by molar-refractivity contribution is 6.06. The highest BCUT2D eigenvalue weighted by atomic mass is 16.6. The Hall–Kier alpha value is -2.28. The lowest BCUT2D eigenvalue weighted by molar-refractivity contribution is -0.384. The Labute approximate surface area is 115 Å². The molecule has 1 unspecified atom stereocenters. The Morgan fingerprint density at radius 2 is 2.25 bits per heavy atom. The van der Waals surface area contributed by atoms with Crippen molar-refractivity contribution in [3.05, 3.63) is 33.9 Å². The number of amides is 1. The highest BCUT2D eigenvalue weighted by Gasteiger charge is 2.32. The van der Waals surface area contributed by atoms with E-state index in [0.29, 0.717) is 25.2 Å². The molecule has 1 heterocycles. The Balaban J connectivity index is 2.44. The molecule has 7 heteroatoms. The maximum atomic E-state index is 12.0. The van der Waals surface area contributed by atoms with Gasteiger partial charge in [0.15, 0.2) is 5.78 Å². The fourth-order valence-electron chi connectivity index (χ4n) is 2.33. The average molecular weight is 277 g/mol. The predicted octanol–water partition coefficient (Wildman–Crippen LogP) is 1.11. The van der Waals surface area contributed by atoms with Gasteiger partial charge in [0.1, 0.15) is 0 Å². The van der Waals surface area contributed by atoms with E-state index >= 15 is 0 Å². The number of ketones is 1. The van der Waals surface area contributed by atoms with Crippen molar-refractivity contribution in [3.8, 4) is 0 Å². The Morgan fingerprint density at radius 3 is 2.75 bits per heavy atom. The van der Waals surface area contributed by atoms with Gasteiger partial charge in [-0.15, -0.1) is 0 Å². The van der Waals surface area contributed by atoms with Crippen LogP contribution >= 0.6 is 0 Å². The molecule has 2 rings (SSSR count). The number of anilines is 1. The molecule has 20 heavy (non-hydrogen) atoms. The molecule has 2 N–H and O–H groups in total. The lowest BCUT2D eigenvalue weighted by atomic mass is 10.1. The number of nitro groups is 1. The van der Waals surface area contributed by atoms with Crippen molar-refractivity contribution in [1.29, 1.82) is 0 Å². The monoisotopic (exact) mass is 277 g/mol. The maximum Gasteiger partial charge on any atom is 0.270 e. The van der Waals surface area contributed by atoms with Crippen molar-refractivity contribution in [1.82, 2.24) is 0 Å². The van der Waals surface area contributed by atoms with E-state index in [-0.39, 0.29) is 28.9 Å². The number of nitrogens with zero attached hydrogens (tertiary/aromatic N) is 2. The molecule has 1 saturated heterocycles. The van der Waals surface area contributed by atoms with E-state index in [1.54, 1.807) is 0 Å². The van der Waals surface area contributed by atoms with Crippen LogP contribution in [-0.4, -0.2) is 29.7 Å². The van der Waals surface area contributed by atoms with Crippen molar-refractivity contribution in [2.45, 2.75) is 13.3 Å². The summed E-state index contributed by atoms with van der Waals surface area (Å²) in [6.07, 6.45) is 0.338. The number of Topliss-reactive ketones (excluding diaryl/α,β-unsaturated/α-hetero) is 1. The van der Waals surface area contributed by atoms with Gasteiger partial charge in [0.2, 0.25) is 5.91 Å². The summed E-state index contributed by atoms with van der Waals surface area (Å²) in [5.74, 6) is -0.373. The van der Waals surface area contributed by atoms with Crippen LogP contribution in [0.25, 0.3) is 0 Å². The molecule has 0 spiro atoms. The van der Waals surface area contributed by atoms with Crippen molar-refractivity contribution in [2.75, 3.05) is 18.0 Å². The molecule has 0 bridgehead atoms. The third-order valence-electron chi connectivity index (χ3n) is 3.40. The number of rotatable bonds is 4. The van der Waals surface area contributed by atoms with E-state index < -0.39 is 4.92 Å². The molecule has 7 nitrogen and oxygen atoms in total. The summed E-state index contributed by atoms with van der Waals surface area (Å²) >= 11 is 0. The molecule has 1 aliphatic heterocycles. The second-order valence-corrected chi connectivity index (χ2v) is 4.82. The lowest BCUT2D eigenvalue weighted by Crippen LogP contribution is -2.27. The van der Waals surface area contributed by atoms with E-state index in [0.717, 1.165) is 0 Å². The number of carbonyl (C=O) groups excluding carboxylic acids is 2. The van der Waals surface area contributed by atoms with E-state index in [1.807, 2.05) is 0 Å². The molecule has 1 aromatic carbocycles. The minimum atomic E-state index is -0.565. The number of nitrogens with two attached hydrogens (primary N) is 1. The van der Waals surface area contributed by atoms with Gasteiger partial charge >= 0.3 is 0 Å². The fourth-order valence-corrected chi connectivity index (χ4v) is 2.33. The first-order valence-electron chi connectivity index (χ1n) is 6.24. The fraction of sp³-hybridized carbons (Fsp3) is 0.385. The first-order valence-corrected chi connectivity index (χ1v) is 6.24. The molecule has 106 valence electrons. The SMILES string of the molecule is CC(=O)c1cc([N+](=O)[O-])ccc1N1CC(CN)CC1=O. The Morgan fingerprint density at radius 1 is 1.55 bits per heavy atom. The van der Waals surface area contributed by atoms with Gasteiger partial charge < -0.3 is 10.6 Å². The number of hydrogen-bond acceptors (Lipinski definition) is 5. The normalized spacial score (nSPS) is 18.4. The van der Waals surface area contributed by atoms with Gasteiger partial charge in [-0.25, -0.2) is 0 Å². The Bertz CT molecular complexity index is 585. The van der Waals surface area contributed by atoms with Crippen LogP contribution < -0.4 is 10.6 Å². The smallest absolute Gasteiger partial charge is 0.270 e. The summed E-state index contributed by atoms with van der Waals surface area (Å²) in [4.78, 5) is 35.3. The van der Waals surface area contributed by atoms with E-state index in [4.69, 9.17) is 5.73 Å². The molecule has 0 aromatic heterocycles. The van der Waals surface area contributed by atoms with E-state index in [1.165, 1.54) is 30.0 Å². The second-order valence-electron chi connectivity index (χ2n) is 4.82. The zero-order valence-corrected chi connectivity index (χ0v) is 11.0. The van der Waals surface area contributed by atoms with Crippen molar-refractivity contribution in [2.24, 2.45) is 11.7 Å². The summed E-state index contributed by atoms with van der Waals surface area (Å²) in [5.41, 5.74) is 6.00. The molecular weight excluding hydrogens is 262 g/mol. The number of nitro benzene ring substituents is 1. The van der Waals surface area contributed by atoms with Gasteiger partial charge in [0.05, 0.1) is 10.6 Å². The standard InChI is InChI=1S/C13H15N3O4/c1-8(17)11-5-10(16(19)20)2-3-12(11)15-7-9(6-14)4-13(15)18/h2-3,5,9H,4,6-7,14H2,1H3. The minimum absolute atomic E-state index is 0.0532. The molecule has 0 radical (unpaired) electrons. The minimum Gasteiger partial charge on any atom is -0.330 e. The molecule has 0 aliphatic carbocycles. The predicted molar refractivity (Wildman–Crippen MR) is 72.6 cm³/mol. The van der Waals surface area contributed by atoms with Gasteiger partial charge in [-0.2, -0.15) is 0 Å². The van der Waals surface area contributed by atoms with Gasteiger partial charge in [-0.3, -0.25) is 19.7 Å². The molecule has 0 saturated carbocycles. The Kier molecular flexibility index (Phi) is 3.80. The van der Waals surface area contributed by atoms with Crippen LogP contribution in [0.15, 0.2) is 18.2 Å². The average Bonchev–Trinajstić information content (AvgIpc) is 2.79. The second kappa shape index (κ2) is 5.38. The van der Waals surface area contributed by atoms with Crippen molar-refractivity contribution >= 4 is 23.1 Å². The summed E-state index contributed by atoms with van der Waals surface area (Å²) in [6, 6.07) is 3.96. The molecule has 1 aromatic rings. The van der Waals surface area contributed by atoms with Gasteiger partial charge in [-0.05, 0) is 25.5 Å². The molecule has 1 amide bonds. The molecular formula is C13H15N3O4. The lowest BCUT2D eigenvalue weighted by Gasteiger charge is -2.19. The first kappa shape index (κ1) is 14.1. The molecule has 1 atom stereocenters. The quantitative estimate of drug-likeness (QED) is 0.504. The maximum absolute atomic E-state index is 12.0. The zero-order valence-electron chi connectivity index (χ0n) is 11.0. The summed E-state index contributed by atoms with van der Waals surface area (Å²) in [5, 5.41) is 10.8. The number of benzene rings is 1. The summed E-state index contributed by atoms with van der Waals surface area (Å²) in [7, 11) is 0. The molecule has 1 fully saturated rings. The van der Waals surface area contributed by atoms with Crippen LogP contribution in [-0.2, 0) is 4.79 Å². The van der Waals surface area contributed by atoms with Gasteiger partial charge in [-0.1, -0.05) is 0 Å². The van der Waals surface area contributed by atoms with Crippen LogP contribution in [0.5, 0.6) is 0 Å². The van der Waals surface area contributed by atoms with Crippen LogP contribution in [0, 0.1) is 16.0 Å².